The lowest BCUT2D eigenvalue weighted by Crippen LogP contribution is -2.29. The average Bonchev–Trinajstić information content (AvgIpc) is 2.53. The normalized spacial score (nSPS) is 23.6. The van der Waals surface area contributed by atoms with Gasteiger partial charge in [-0.15, -0.1) is 0 Å². The number of hydrogen-bond donors (Lipinski definition) is 2. The van der Waals surface area contributed by atoms with Crippen LogP contribution in [0.3, 0.4) is 0 Å². The maximum atomic E-state index is 12.6. The van der Waals surface area contributed by atoms with Gasteiger partial charge < -0.3 is 11.1 Å². The van der Waals surface area contributed by atoms with Gasteiger partial charge in [-0.2, -0.15) is 0 Å². The van der Waals surface area contributed by atoms with Crippen LogP contribution in [0.5, 0.6) is 0 Å². The van der Waals surface area contributed by atoms with Crippen LogP contribution in [0.25, 0.3) is 0 Å². The molecular weight excluding hydrogens is 294 g/mol. The highest BCUT2D eigenvalue weighted by atomic mass is 19.3. The Balaban J connectivity index is 2.09. The summed E-state index contributed by atoms with van der Waals surface area (Å²) >= 11 is 0. The Bertz CT molecular complexity index is 582. The summed E-state index contributed by atoms with van der Waals surface area (Å²) in [4.78, 5) is 0. The van der Waals surface area contributed by atoms with Gasteiger partial charge in [-0.3, -0.25) is 0 Å². The van der Waals surface area contributed by atoms with Gasteiger partial charge in [0.15, 0.2) is 0 Å². The fourth-order valence-corrected chi connectivity index (χ4v) is 3.09. The van der Waals surface area contributed by atoms with Crippen LogP contribution in [0, 0.1) is 11.8 Å². The second-order valence-electron chi connectivity index (χ2n) is 6.41. The highest BCUT2D eigenvalue weighted by Gasteiger charge is 2.22. The van der Waals surface area contributed by atoms with E-state index in [2.05, 4.69) is 24.0 Å². The van der Waals surface area contributed by atoms with Crippen molar-refractivity contribution < 1.29 is 8.78 Å². The summed E-state index contributed by atoms with van der Waals surface area (Å²) in [7, 11) is 0. The maximum absolute atomic E-state index is 12.6. The van der Waals surface area contributed by atoms with Gasteiger partial charge in [-0.25, -0.2) is 8.78 Å². The van der Waals surface area contributed by atoms with E-state index in [0.29, 0.717) is 11.6 Å². The van der Waals surface area contributed by atoms with E-state index in [9.17, 15) is 8.78 Å². The molecule has 23 heavy (non-hydrogen) atoms. The van der Waals surface area contributed by atoms with Gasteiger partial charge in [0, 0.05) is 23.9 Å². The minimum atomic E-state index is -2.42. The van der Waals surface area contributed by atoms with Crippen molar-refractivity contribution in [3.05, 3.63) is 59.0 Å². The molecule has 2 nitrogen and oxygen atoms in total. The van der Waals surface area contributed by atoms with Gasteiger partial charge in [0.2, 0.25) is 0 Å². The second kappa shape index (κ2) is 7.62. The van der Waals surface area contributed by atoms with Gasteiger partial charge in [-0.05, 0) is 48.8 Å². The number of allylic oxidation sites excluding steroid dienone is 6. The van der Waals surface area contributed by atoms with E-state index < -0.39 is 6.43 Å². The number of halogens is 2. The molecule has 2 atom stereocenters. The molecule has 2 rings (SSSR count). The first-order valence-electron chi connectivity index (χ1n) is 8.16. The third-order valence-electron chi connectivity index (χ3n) is 4.42. The van der Waals surface area contributed by atoms with Crippen molar-refractivity contribution >= 4 is 0 Å². The number of alkyl halides is 2. The van der Waals surface area contributed by atoms with Crippen molar-refractivity contribution in [2.45, 2.75) is 39.5 Å². The fourth-order valence-electron chi connectivity index (χ4n) is 3.09. The number of hydrogen-bond acceptors (Lipinski definition) is 2. The van der Waals surface area contributed by atoms with Crippen LogP contribution in [-0.2, 0) is 0 Å². The summed E-state index contributed by atoms with van der Waals surface area (Å²) in [6, 6.07) is 0. The largest absolute Gasteiger partial charge is 0.398 e. The zero-order chi connectivity index (χ0) is 17.0. The van der Waals surface area contributed by atoms with E-state index in [1.54, 1.807) is 12.2 Å². The van der Waals surface area contributed by atoms with E-state index >= 15 is 0 Å². The molecule has 0 aromatic heterocycles. The molecule has 3 N–H and O–H groups in total. The van der Waals surface area contributed by atoms with Crippen LogP contribution in [0.1, 0.15) is 33.1 Å². The van der Waals surface area contributed by atoms with Crippen molar-refractivity contribution in [3.8, 4) is 0 Å². The molecule has 4 heteroatoms. The van der Waals surface area contributed by atoms with Gasteiger partial charge in [-0.1, -0.05) is 37.8 Å². The van der Waals surface area contributed by atoms with Crippen LogP contribution in [0.4, 0.5) is 8.78 Å². The molecule has 0 aromatic rings. The molecule has 1 heterocycles. The molecule has 2 aliphatic rings. The predicted molar refractivity (Wildman–Crippen MR) is 91.8 cm³/mol. The van der Waals surface area contributed by atoms with E-state index in [1.807, 2.05) is 6.92 Å². The SMILES string of the molecule is C=C(C1=CC2CCCC=C2NC1)/C(N)=C\[C@H](C)/C=C(\C)C(F)F. The average molecular weight is 320 g/mol. The molecule has 1 aliphatic carbocycles. The summed E-state index contributed by atoms with van der Waals surface area (Å²) in [6.07, 6.45) is 8.91. The van der Waals surface area contributed by atoms with Crippen LogP contribution in [0.2, 0.25) is 0 Å². The van der Waals surface area contributed by atoms with Crippen molar-refractivity contribution in [2.75, 3.05) is 6.54 Å². The zero-order valence-corrected chi connectivity index (χ0v) is 13.9. The van der Waals surface area contributed by atoms with E-state index in [-0.39, 0.29) is 11.5 Å². The quantitative estimate of drug-likeness (QED) is 0.580. The van der Waals surface area contributed by atoms with Gasteiger partial charge in [0.1, 0.15) is 0 Å². The molecule has 0 fully saturated rings. The molecule has 0 amide bonds. The molecule has 0 saturated carbocycles. The smallest absolute Gasteiger partial charge is 0.259 e. The Morgan fingerprint density at radius 1 is 1.43 bits per heavy atom. The standard InChI is InChI=1S/C19H26F2N2/c1-12(8-13(2)19(20)21)9-17(22)14(3)16-10-15-6-4-5-7-18(15)23-11-16/h7-10,12,15,19,23H,3-6,11,22H2,1-2H3/b13-8+,17-9+/t12-,15?/m1/s1. The lowest BCUT2D eigenvalue weighted by Gasteiger charge is -2.30. The Morgan fingerprint density at radius 2 is 2.17 bits per heavy atom. The lowest BCUT2D eigenvalue weighted by molar-refractivity contribution is 0.189. The number of fused-ring (bicyclic) bond motifs is 1. The number of nitrogens with two attached hydrogens (primary N) is 1. The summed E-state index contributed by atoms with van der Waals surface area (Å²) in [5.74, 6) is 0.276. The summed E-state index contributed by atoms with van der Waals surface area (Å²) in [6.45, 7) is 8.10. The lowest BCUT2D eigenvalue weighted by atomic mass is 9.86. The minimum Gasteiger partial charge on any atom is -0.398 e. The predicted octanol–water partition coefficient (Wildman–Crippen LogP) is 4.45. The Hall–Kier alpha value is -1.84. The molecule has 0 aromatic carbocycles. The third-order valence-corrected chi connectivity index (χ3v) is 4.42. The Kier molecular flexibility index (Phi) is 5.80. The van der Waals surface area contributed by atoms with Crippen molar-refractivity contribution in [1.29, 1.82) is 0 Å². The fraction of sp³-hybridized carbons (Fsp3) is 0.474. The first-order chi connectivity index (χ1) is 10.9. The van der Waals surface area contributed by atoms with E-state index in [0.717, 1.165) is 30.5 Å². The molecule has 1 aliphatic heterocycles. The molecule has 0 saturated heterocycles. The zero-order valence-electron chi connectivity index (χ0n) is 13.9. The molecule has 1 unspecified atom stereocenters. The van der Waals surface area contributed by atoms with Crippen molar-refractivity contribution in [1.82, 2.24) is 5.32 Å². The van der Waals surface area contributed by atoms with E-state index in [4.69, 9.17) is 5.73 Å². The highest BCUT2D eigenvalue weighted by molar-refractivity contribution is 5.47. The minimum absolute atomic E-state index is 0.0719. The monoisotopic (exact) mass is 320 g/mol. The van der Waals surface area contributed by atoms with Crippen LogP contribution in [-0.4, -0.2) is 13.0 Å². The molecular formula is C19H26F2N2. The van der Waals surface area contributed by atoms with Crippen molar-refractivity contribution in [3.63, 3.8) is 0 Å². The van der Waals surface area contributed by atoms with Gasteiger partial charge >= 0.3 is 0 Å². The molecule has 0 bridgehead atoms. The topological polar surface area (TPSA) is 38.0 Å². The maximum Gasteiger partial charge on any atom is 0.259 e. The summed E-state index contributed by atoms with van der Waals surface area (Å²) < 4.78 is 25.1. The number of rotatable bonds is 5. The molecule has 0 radical (unpaired) electrons. The summed E-state index contributed by atoms with van der Waals surface area (Å²) in [5, 5.41) is 3.45. The highest BCUT2D eigenvalue weighted by Crippen LogP contribution is 2.30. The first-order valence-corrected chi connectivity index (χ1v) is 8.16. The second-order valence-corrected chi connectivity index (χ2v) is 6.41. The van der Waals surface area contributed by atoms with Gasteiger partial charge in [0.05, 0.1) is 0 Å². The number of nitrogens with one attached hydrogen (secondary N) is 1. The Labute approximate surface area is 137 Å². The van der Waals surface area contributed by atoms with Crippen LogP contribution >= 0.6 is 0 Å². The van der Waals surface area contributed by atoms with Gasteiger partial charge in [0.25, 0.3) is 6.43 Å². The Morgan fingerprint density at radius 3 is 2.87 bits per heavy atom. The van der Waals surface area contributed by atoms with Crippen LogP contribution in [0.15, 0.2) is 59.0 Å². The molecule has 126 valence electrons. The van der Waals surface area contributed by atoms with Crippen molar-refractivity contribution in [2.24, 2.45) is 17.6 Å². The van der Waals surface area contributed by atoms with Crippen LogP contribution < -0.4 is 11.1 Å². The van der Waals surface area contributed by atoms with E-state index in [1.165, 1.54) is 19.0 Å². The molecule has 0 spiro atoms. The summed E-state index contributed by atoms with van der Waals surface area (Å²) in [5.41, 5.74) is 9.96. The first kappa shape index (κ1) is 17.5. The third kappa shape index (κ3) is 4.57.